The van der Waals surface area contributed by atoms with Gasteiger partial charge < -0.3 is 34.7 Å². The second-order valence-corrected chi connectivity index (χ2v) is 15.1. The number of fused-ring (bicyclic) bond motifs is 2. The molecule has 3 heterocycles. The maximum absolute atomic E-state index is 13.2. The molecule has 2 aliphatic carbocycles. The number of alkyl carbamates (subject to hydrolysis) is 1. The fraction of sp³-hybridized carbons (Fsp3) is 0.600. The quantitative estimate of drug-likeness (QED) is 0.109. The van der Waals surface area contributed by atoms with Crippen LogP contribution < -0.4 is 16.0 Å². The minimum absolute atomic E-state index is 0.0327. The van der Waals surface area contributed by atoms with Gasteiger partial charge in [-0.3, -0.25) is 34.2 Å². The molecule has 15 heteroatoms. The van der Waals surface area contributed by atoms with Crippen molar-refractivity contribution in [3.8, 4) is 0 Å². The first kappa shape index (κ1) is 40.1. The summed E-state index contributed by atoms with van der Waals surface area (Å²) in [6, 6.07) is 3.91. The van der Waals surface area contributed by atoms with Gasteiger partial charge in [0.05, 0.1) is 43.5 Å². The zero-order valence-corrected chi connectivity index (χ0v) is 31.5. The van der Waals surface area contributed by atoms with E-state index >= 15 is 0 Å². The maximum atomic E-state index is 13.2. The van der Waals surface area contributed by atoms with Gasteiger partial charge in [0.2, 0.25) is 11.8 Å². The van der Waals surface area contributed by atoms with Crippen LogP contribution in [0.25, 0.3) is 0 Å². The van der Waals surface area contributed by atoms with Crippen LogP contribution in [0.2, 0.25) is 0 Å². The van der Waals surface area contributed by atoms with Crippen molar-refractivity contribution in [3.63, 3.8) is 0 Å². The van der Waals surface area contributed by atoms with E-state index in [0.29, 0.717) is 57.7 Å². The molecule has 2 saturated heterocycles. The topological polar surface area (TPSA) is 199 Å². The van der Waals surface area contributed by atoms with Gasteiger partial charge in [-0.05, 0) is 67.6 Å². The van der Waals surface area contributed by atoms with E-state index in [1.54, 1.807) is 18.2 Å². The summed E-state index contributed by atoms with van der Waals surface area (Å²) in [4.78, 5) is 75.9. The Kier molecular flexibility index (Phi) is 13.4. The Morgan fingerprint density at radius 1 is 1.00 bits per heavy atom. The number of nitrogens with one attached hydrogen (secondary N) is 3. The van der Waals surface area contributed by atoms with Gasteiger partial charge in [-0.2, -0.15) is 0 Å². The molecule has 0 spiro atoms. The van der Waals surface area contributed by atoms with Crippen molar-refractivity contribution < 1.29 is 52.8 Å². The average molecular weight is 765 g/mol. The summed E-state index contributed by atoms with van der Waals surface area (Å²) >= 11 is 0. The summed E-state index contributed by atoms with van der Waals surface area (Å²) in [5.41, 5.74) is 2.10. The van der Waals surface area contributed by atoms with Crippen LogP contribution in [-0.2, 0) is 33.3 Å². The average Bonchev–Trinajstić information content (AvgIpc) is 3.39. The first-order valence-corrected chi connectivity index (χ1v) is 19.5. The van der Waals surface area contributed by atoms with Crippen molar-refractivity contribution in [1.82, 2.24) is 15.5 Å². The molecule has 4 N–H and O–H groups in total. The van der Waals surface area contributed by atoms with Gasteiger partial charge in [-0.25, -0.2) is 4.79 Å². The fourth-order valence-electron chi connectivity index (χ4n) is 8.42. The molecule has 0 aromatic heterocycles. The van der Waals surface area contributed by atoms with Crippen LogP contribution >= 0.6 is 0 Å². The molecule has 1 aromatic carbocycles. The van der Waals surface area contributed by atoms with E-state index in [2.05, 4.69) is 48.0 Å². The number of aliphatic hydroxyl groups excluding tert-OH is 1. The third-order valence-corrected chi connectivity index (χ3v) is 11.0. The molecular formula is C40H52N4O11. The van der Waals surface area contributed by atoms with Gasteiger partial charge in [-0.1, -0.05) is 38.1 Å². The predicted molar refractivity (Wildman–Crippen MR) is 198 cm³/mol. The third kappa shape index (κ3) is 9.80. The van der Waals surface area contributed by atoms with Crippen molar-refractivity contribution in [3.05, 3.63) is 53.1 Å². The van der Waals surface area contributed by atoms with Crippen LogP contribution in [0.3, 0.4) is 0 Å². The van der Waals surface area contributed by atoms with Crippen molar-refractivity contribution in [2.75, 3.05) is 44.8 Å². The molecule has 5 amide bonds. The standard InChI is InChI=1S/C40H52N4O11/c1-23-19-25-8-7-24(2)28(10-9-27-21-26(45)22-34(47)54-27)35(25)32(20-23)55-40(51)42-14-16-53-18-17-52-15-4-13-41-30-6-3-5-29-36(30)39(50)44(38(29)49)31-11-12-33(46)43-37(31)48/h3,5-8,19,23-24,26-28,31-32,35,41,45H,4,9-18,20-22H2,1-2H3,(H,42,51)(H,43,46,48)/t23-,24-,26+,27+,28-,31?,32-,35-/m0/s1. The molecule has 1 unspecified atom stereocenters. The van der Waals surface area contributed by atoms with Crippen LogP contribution in [0, 0.1) is 23.7 Å². The van der Waals surface area contributed by atoms with Crippen LogP contribution in [-0.4, -0.2) is 110 Å². The Bertz CT molecular complexity index is 1690. The van der Waals surface area contributed by atoms with Gasteiger partial charge in [0, 0.05) is 44.1 Å². The molecule has 55 heavy (non-hydrogen) atoms. The van der Waals surface area contributed by atoms with Gasteiger partial charge in [0.25, 0.3) is 11.8 Å². The van der Waals surface area contributed by atoms with Crippen LogP contribution in [0.5, 0.6) is 0 Å². The molecule has 0 saturated carbocycles. The summed E-state index contributed by atoms with van der Waals surface area (Å²) < 4.78 is 22.8. The Balaban J connectivity index is 0.858. The highest BCUT2D eigenvalue weighted by Crippen LogP contribution is 2.45. The molecule has 0 radical (unpaired) electrons. The number of cyclic esters (lactones) is 1. The Labute approximate surface area is 320 Å². The number of carbonyl (C=O) groups is 6. The molecule has 0 bridgehead atoms. The molecule has 5 aliphatic rings. The lowest BCUT2D eigenvalue weighted by molar-refractivity contribution is -0.160. The van der Waals surface area contributed by atoms with Crippen molar-refractivity contribution >= 4 is 41.4 Å². The van der Waals surface area contributed by atoms with Gasteiger partial charge in [0.15, 0.2) is 0 Å². The van der Waals surface area contributed by atoms with E-state index in [4.69, 9.17) is 18.9 Å². The minimum Gasteiger partial charge on any atom is -0.462 e. The first-order chi connectivity index (χ1) is 26.5. The van der Waals surface area contributed by atoms with Gasteiger partial charge >= 0.3 is 12.1 Å². The SMILES string of the molecule is C[C@H]1C=C2C=C[C@H](C)[C@H](CC[C@@H]3C[C@@H](O)CC(=O)O3)[C@H]2[C@@H](OC(=O)NCCOCCOCCCNc2cccc3c2C(=O)N(C2CCC(=O)NC2=O)C3=O)C1. The number of hydrogen-bond acceptors (Lipinski definition) is 12. The molecule has 298 valence electrons. The number of benzene rings is 1. The number of allylic oxidation sites excluding steroid dienone is 3. The van der Waals surface area contributed by atoms with Crippen molar-refractivity contribution in [2.45, 2.75) is 89.6 Å². The van der Waals surface area contributed by atoms with E-state index in [9.17, 15) is 33.9 Å². The summed E-state index contributed by atoms with van der Waals surface area (Å²) in [5, 5.41) is 18.2. The third-order valence-electron chi connectivity index (χ3n) is 11.0. The number of ether oxygens (including phenoxy) is 4. The molecule has 2 fully saturated rings. The number of hydrogen-bond donors (Lipinski definition) is 4. The highest BCUT2D eigenvalue weighted by atomic mass is 16.6. The van der Waals surface area contributed by atoms with E-state index < -0.39 is 41.9 Å². The number of imide groups is 2. The largest absolute Gasteiger partial charge is 0.462 e. The summed E-state index contributed by atoms with van der Waals surface area (Å²) in [7, 11) is 0. The Morgan fingerprint density at radius 2 is 1.80 bits per heavy atom. The van der Waals surface area contributed by atoms with E-state index in [-0.39, 0.29) is 85.4 Å². The fourth-order valence-corrected chi connectivity index (χ4v) is 8.42. The zero-order chi connectivity index (χ0) is 39.1. The lowest BCUT2D eigenvalue weighted by Gasteiger charge is -2.43. The van der Waals surface area contributed by atoms with Gasteiger partial charge in [0.1, 0.15) is 18.2 Å². The zero-order valence-electron chi connectivity index (χ0n) is 31.5. The smallest absolute Gasteiger partial charge is 0.407 e. The summed E-state index contributed by atoms with van der Waals surface area (Å²) in [6.07, 6.45) is 8.25. The monoisotopic (exact) mass is 764 g/mol. The van der Waals surface area contributed by atoms with E-state index in [0.717, 1.165) is 11.3 Å². The molecule has 1 aromatic rings. The van der Waals surface area contributed by atoms with Crippen molar-refractivity contribution in [2.24, 2.45) is 23.7 Å². The number of esters is 1. The summed E-state index contributed by atoms with van der Waals surface area (Å²) in [5.74, 6) is -1.81. The number of rotatable bonds is 16. The highest BCUT2D eigenvalue weighted by molar-refractivity contribution is 6.25. The van der Waals surface area contributed by atoms with E-state index in [1.807, 2.05) is 0 Å². The molecule has 6 rings (SSSR count). The number of amides is 5. The molecular weight excluding hydrogens is 712 g/mol. The Morgan fingerprint density at radius 3 is 2.58 bits per heavy atom. The second kappa shape index (κ2) is 18.4. The lowest BCUT2D eigenvalue weighted by Crippen LogP contribution is -2.54. The number of aliphatic hydroxyl groups is 1. The first-order valence-electron chi connectivity index (χ1n) is 19.5. The molecule has 8 atom stereocenters. The van der Waals surface area contributed by atoms with Crippen LogP contribution in [0.1, 0.15) is 85.9 Å². The summed E-state index contributed by atoms with van der Waals surface area (Å²) in [6.45, 7) is 6.41. The molecule has 15 nitrogen and oxygen atoms in total. The number of piperidine rings is 1. The van der Waals surface area contributed by atoms with Crippen LogP contribution in [0.15, 0.2) is 42.0 Å². The number of nitrogens with zero attached hydrogens (tertiary/aromatic N) is 1. The molecule has 3 aliphatic heterocycles. The van der Waals surface area contributed by atoms with Gasteiger partial charge in [-0.15, -0.1) is 0 Å². The Hall–Kier alpha value is -4.60. The van der Waals surface area contributed by atoms with Crippen molar-refractivity contribution in [1.29, 1.82) is 0 Å². The van der Waals surface area contributed by atoms with Crippen LogP contribution in [0.4, 0.5) is 10.5 Å². The van der Waals surface area contributed by atoms with E-state index in [1.165, 1.54) is 5.57 Å². The lowest BCUT2D eigenvalue weighted by atomic mass is 9.65. The number of anilines is 1. The second-order valence-electron chi connectivity index (χ2n) is 15.1. The number of carbonyl (C=O) groups excluding carboxylic acids is 6. The normalized spacial score (nSPS) is 28.9. The minimum atomic E-state index is -1.02. The maximum Gasteiger partial charge on any atom is 0.407 e. The highest BCUT2D eigenvalue weighted by Gasteiger charge is 2.46. The predicted octanol–water partition coefficient (Wildman–Crippen LogP) is 3.27.